The molecule has 1 aromatic heterocycles. The third-order valence-corrected chi connectivity index (χ3v) is 3.71. The molecular formula is C21H23FN4. The Balaban J connectivity index is 2.00. The first kappa shape index (κ1) is 17.9. The average Bonchev–Trinajstić information content (AvgIpc) is 2.57. The molecule has 0 saturated carbocycles. The maximum atomic E-state index is 13.5. The van der Waals surface area contributed by atoms with E-state index < -0.39 is 0 Å². The van der Waals surface area contributed by atoms with E-state index in [0.717, 1.165) is 16.9 Å². The van der Waals surface area contributed by atoms with Crippen molar-refractivity contribution in [1.82, 2.24) is 9.97 Å². The summed E-state index contributed by atoms with van der Waals surface area (Å²) in [6.45, 7) is 7.91. The highest BCUT2D eigenvalue weighted by atomic mass is 19.1. The van der Waals surface area contributed by atoms with E-state index in [1.54, 1.807) is 19.1 Å². The standard InChI is InChI=1S/C21H23FN4/c1-14-12-16(10-11-17(14)22)23-19-13-18(15-8-6-5-7-9-15)24-20(25-19)26-21(2,3)4/h5-13H,1-4H3,(H2,23,24,25,26). The van der Waals surface area contributed by atoms with E-state index in [1.807, 2.05) is 36.4 Å². The minimum absolute atomic E-state index is 0.168. The molecule has 134 valence electrons. The summed E-state index contributed by atoms with van der Waals surface area (Å²) in [5.74, 6) is 0.968. The highest BCUT2D eigenvalue weighted by molar-refractivity contribution is 5.67. The fourth-order valence-electron chi connectivity index (χ4n) is 2.53. The van der Waals surface area contributed by atoms with E-state index >= 15 is 0 Å². The van der Waals surface area contributed by atoms with Gasteiger partial charge in [-0.15, -0.1) is 0 Å². The lowest BCUT2D eigenvalue weighted by Crippen LogP contribution is -2.27. The van der Waals surface area contributed by atoms with Gasteiger partial charge in [0.05, 0.1) is 5.69 Å². The van der Waals surface area contributed by atoms with Crippen LogP contribution in [-0.4, -0.2) is 15.5 Å². The van der Waals surface area contributed by atoms with Gasteiger partial charge in [0.2, 0.25) is 5.95 Å². The number of rotatable bonds is 4. The molecule has 0 spiro atoms. The molecule has 2 aromatic carbocycles. The maximum Gasteiger partial charge on any atom is 0.225 e. The number of nitrogens with one attached hydrogen (secondary N) is 2. The molecule has 0 radical (unpaired) electrons. The Kier molecular flexibility index (Phi) is 4.89. The largest absolute Gasteiger partial charge is 0.350 e. The molecule has 26 heavy (non-hydrogen) atoms. The number of aryl methyl sites for hydroxylation is 1. The minimum atomic E-state index is -0.224. The Bertz CT molecular complexity index is 902. The maximum absolute atomic E-state index is 13.5. The van der Waals surface area contributed by atoms with Crippen LogP contribution in [0.25, 0.3) is 11.3 Å². The second kappa shape index (κ2) is 7.12. The smallest absolute Gasteiger partial charge is 0.225 e. The molecule has 5 heteroatoms. The van der Waals surface area contributed by atoms with Gasteiger partial charge in [0.1, 0.15) is 11.6 Å². The predicted octanol–water partition coefficient (Wildman–Crippen LogP) is 5.55. The Morgan fingerprint density at radius 2 is 1.65 bits per heavy atom. The Morgan fingerprint density at radius 1 is 0.923 bits per heavy atom. The first-order chi connectivity index (χ1) is 12.3. The van der Waals surface area contributed by atoms with Crippen LogP contribution in [0.15, 0.2) is 54.6 Å². The number of anilines is 3. The van der Waals surface area contributed by atoms with Gasteiger partial charge in [0, 0.05) is 22.9 Å². The zero-order valence-electron chi connectivity index (χ0n) is 15.5. The number of nitrogens with zero attached hydrogens (tertiary/aromatic N) is 2. The molecule has 0 unspecified atom stereocenters. The second-order valence-electron chi connectivity index (χ2n) is 7.29. The fraction of sp³-hybridized carbons (Fsp3) is 0.238. The lowest BCUT2D eigenvalue weighted by molar-refractivity contribution is 0.618. The summed E-state index contributed by atoms with van der Waals surface area (Å²) in [5.41, 5.74) is 3.02. The van der Waals surface area contributed by atoms with Gasteiger partial charge >= 0.3 is 0 Å². The van der Waals surface area contributed by atoms with Crippen LogP contribution in [0.2, 0.25) is 0 Å². The van der Waals surface area contributed by atoms with Crippen molar-refractivity contribution >= 4 is 17.5 Å². The SMILES string of the molecule is Cc1cc(Nc2cc(-c3ccccc3)nc(NC(C)(C)C)n2)ccc1F. The van der Waals surface area contributed by atoms with Crippen molar-refractivity contribution in [2.45, 2.75) is 33.2 Å². The molecule has 0 amide bonds. The summed E-state index contributed by atoms with van der Waals surface area (Å²) in [5, 5.41) is 6.57. The van der Waals surface area contributed by atoms with Gasteiger partial charge in [-0.1, -0.05) is 30.3 Å². The van der Waals surface area contributed by atoms with Crippen molar-refractivity contribution in [1.29, 1.82) is 0 Å². The zero-order valence-corrected chi connectivity index (χ0v) is 15.5. The quantitative estimate of drug-likeness (QED) is 0.648. The van der Waals surface area contributed by atoms with Gasteiger partial charge in [0.15, 0.2) is 0 Å². The highest BCUT2D eigenvalue weighted by Crippen LogP contribution is 2.25. The number of benzene rings is 2. The summed E-state index contributed by atoms with van der Waals surface area (Å²) in [6.07, 6.45) is 0. The normalized spacial score (nSPS) is 11.3. The number of hydrogen-bond acceptors (Lipinski definition) is 4. The Labute approximate surface area is 153 Å². The van der Waals surface area contributed by atoms with Crippen LogP contribution < -0.4 is 10.6 Å². The van der Waals surface area contributed by atoms with Crippen LogP contribution in [0.3, 0.4) is 0 Å². The van der Waals surface area contributed by atoms with Crippen LogP contribution in [0.4, 0.5) is 21.8 Å². The third-order valence-electron chi connectivity index (χ3n) is 3.71. The van der Waals surface area contributed by atoms with Crippen molar-refractivity contribution < 1.29 is 4.39 Å². The Morgan fingerprint density at radius 3 is 2.31 bits per heavy atom. The average molecular weight is 350 g/mol. The minimum Gasteiger partial charge on any atom is -0.350 e. The highest BCUT2D eigenvalue weighted by Gasteiger charge is 2.14. The Hall–Kier alpha value is -2.95. The molecule has 0 aliphatic rings. The molecule has 4 nitrogen and oxygen atoms in total. The molecule has 3 rings (SSSR count). The third kappa shape index (κ3) is 4.57. The fourth-order valence-corrected chi connectivity index (χ4v) is 2.53. The molecule has 2 N–H and O–H groups in total. The van der Waals surface area contributed by atoms with Crippen LogP contribution in [0.5, 0.6) is 0 Å². The topological polar surface area (TPSA) is 49.8 Å². The van der Waals surface area contributed by atoms with Crippen molar-refractivity contribution in [2.75, 3.05) is 10.6 Å². The van der Waals surface area contributed by atoms with Gasteiger partial charge in [0.25, 0.3) is 0 Å². The van der Waals surface area contributed by atoms with Crippen LogP contribution in [-0.2, 0) is 0 Å². The van der Waals surface area contributed by atoms with Crippen LogP contribution in [0, 0.1) is 12.7 Å². The molecule has 1 heterocycles. The van der Waals surface area contributed by atoms with Gasteiger partial charge in [-0.05, 0) is 51.5 Å². The van der Waals surface area contributed by atoms with E-state index in [4.69, 9.17) is 0 Å². The van der Waals surface area contributed by atoms with E-state index in [-0.39, 0.29) is 11.4 Å². The van der Waals surface area contributed by atoms with Crippen LogP contribution >= 0.6 is 0 Å². The summed E-state index contributed by atoms with van der Waals surface area (Å²) >= 11 is 0. The molecule has 0 bridgehead atoms. The molecule has 0 fully saturated rings. The number of aromatic nitrogens is 2. The molecular weight excluding hydrogens is 327 g/mol. The molecule has 0 saturated heterocycles. The van der Waals surface area contributed by atoms with Crippen molar-refractivity contribution in [3.8, 4) is 11.3 Å². The summed E-state index contributed by atoms with van der Waals surface area (Å²) < 4.78 is 13.5. The molecule has 0 aliphatic carbocycles. The zero-order chi connectivity index (χ0) is 18.7. The van der Waals surface area contributed by atoms with Crippen molar-refractivity contribution in [3.63, 3.8) is 0 Å². The predicted molar refractivity (Wildman–Crippen MR) is 105 cm³/mol. The summed E-state index contributed by atoms with van der Waals surface area (Å²) in [7, 11) is 0. The van der Waals surface area contributed by atoms with Crippen molar-refractivity contribution in [2.24, 2.45) is 0 Å². The number of hydrogen-bond donors (Lipinski definition) is 2. The first-order valence-corrected chi connectivity index (χ1v) is 8.56. The van der Waals surface area contributed by atoms with E-state index in [0.29, 0.717) is 17.3 Å². The van der Waals surface area contributed by atoms with E-state index in [1.165, 1.54) is 6.07 Å². The van der Waals surface area contributed by atoms with E-state index in [9.17, 15) is 4.39 Å². The molecule has 0 aliphatic heterocycles. The second-order valence-corrected chi connectivity index (χ2v) is 7.29. The van der Waals surface area contributed by atoms with Gasteiger partial charge in [-0.3, -0.25) is 0 Å². The number of halogens is 1. The monoisotopic (exact) mass is 350 g/mol. The van der Waals surface area contributed by atoms with Crippen LogP contribution in [0.1, 0.15) is 26.3 Å². The summed E-state index contributed by atoms with van der Waals surface area (Å²) in [6, 6.07) is 16.7. The van der Waals surface area contributed by atoms with Gasteiger partial charge in [-0.25, -0.2) is 9.37 Å². The summed E-state index contributed by atoms with van der Waals surface area (Å²) in [4.78, 5) is 9.20. The van der Waals surface area contributed by atoms with Gasteiger partial charge in [-0.2, -0.15) is 4.98 Å². The molecule has 0 atom stereocenters. The molecule has 3 aromatic rings. The lowest BCUT2D eigenvalue weighted by Gasteiger charge is -2.21. The van der Waals surface area contributed by atoms with Crippen molar-refractivity contribution in [3.05, 3.63) is 66.0 Å². The van der Waals surface area contributed by atoms with E-state index in [2.05, 4.69) is 41.4 Å². The lowest BCUT2D eigenvalue weighted by atomic mass is 10.1. The van der Waals surface area contributed by atoms with Gasteiger partial charge < -0.3 is 10.6 Å². The first-order valence-electron chi connectivity index (χ1n) is 8.56.